The molecule has 0 heterocycles. The van der Waals surface area contributed by atoms with Gasteiger partial charge in [-0.3, -0.25) is 4.79 Å². The van der Waals surface area contributed by atoms with Crippen molar-refractivity contribution in [3.63, 3.8) is 0 Å². The molecule has 0 aromatic heterocycles. The van der Waals surface area contributed by atoms with Crippen LogP contribution < -0.4 is 4.74 Å². The summed E-state index contributed by atoms with van der Waals surface area (Å²) in [6.07, 6.45) is 9.60. The van der Waals surface area contributed by atoms with Crippen molar-refractivity contribution in [1.82, 2.24) is 0 Å². The first-order chi connectivity index (χ1) is 19.8. The van der Waals surface area contributed by atoms with E-state index in [2.05, 4.69) is 18.2 Å². The molecule has 3 aromatic carbocycles. The van der Waals surface area contributed by atoms with Crippen molar-refractivity contribution >= 4 is 11.9 Å². The lowest BCUT2D eigenvalue weighted by Crippen LogP contribution is -2.42. The average molecular weight is 557 g/mol. The van der Waals surface area contributed by atoms with Crippen molar-refractivity contribution in [3.8, 4) is 23.0 Å². The molecule has 41 heavy (non-hydrogen) atoms. The number of benzene rings is 3. The molecule has 4 atom stereocenters. The zero-order chi connectivity index (χ0) is 29.0. The summed E-state index contributed by atoms with van der Waals surface area (Å²) in [5, 5.41) is 41.9. The summed E-state index contributed by atoms with van der Waals surface area (Å²) < 4.78 is 5.33. The van der Waals surface area contributed by atoms with Crippen molar-refractivity contribution in [2.45, 2.75) is 75.2 Å². The molecule has 0 radical (unpaired) electrons. The van der Waals surface area contributed by atoms with Crippen LogP contribution in [-0.2, 0) is 16.6 Å². The lowest BCUT2D eigenvalue weighted by atomic mass is 9.57. The topological polar surface area (TPSA) is 107 Å². The lowest BCUT2D eigenvalue weighted by Gasteiger charge is -2.47. The van der Waals surface area contributed by atoms with Crippen LogP contribution in [-0.4, -0.2) is 39.4 Å². The number of phenolic OH excluding ortho intramolecular Hbond substituents is 3. The SMILES string of the molecule is COc1cc(C(CCc2ccccc2)CC(=O)CC(O)CC23CCCCC2C=Cc2cc(O)c(O)cc23)ccc1O. The van der Waals surface area contributed by atoms with Gasteiger partial charge in [0.2, 0.25) is 0 Å². The predicted molar refractivity (Wildman–Crippen MR) is 159 cm³/mol. The van der Waals surface area contributed by atoms with Gasteiger partial charge in [0.15, 0.2) is 23.0 Å². The number of ketones is 1. The Balaban J connectivity index is 1.33. The Hall–Kier alpha value is -3.77. The second-order valence-electron chi connectivity index (χ2n) is 11.8. The van der Waals surface area contributed by atoms with Gasteiger partial charge in [-0.25, -0.2) is 0 Å². The molecule has 216 valence electrons. The second-order valence-corrected chi connectivity index (χ2v) is 11.8. The molecule has 4 unspecified atom stereocenters. The average Bonchev–Trinajstić information content (AvgIpc) is 2.96. The van der Waals surface area contributed by atoms with Gasteiger partial charge in [0.05, 0.1) is 13.2 Å². The van der Waals surface area contributed by atoms with Crippen LogP contribution in [0.1, 0.15) is 79.5 Å². The van der Waals surface area contributed by atoms with Crippen molar-refractivity contribution in [3.05, 3.63) is 89.0 Å². The highest BCUT2D eigenvalue weighted by molar-refractivity contribution is 5.80. The highest BCUT2D eigenvalue weighted by Gasteiger charge is 2.45. The van der Waals surface area contributed by atoms with E-state index in [9.17, 15) is 25.2 Å². The maximum Gasteiger partial charge on any atom is 0.160 e. The van der Waals surface area contributed by atoms with Crippen LogP contribution in [0.2, 0.25) is 0 Å². The predicted octanol–water partition coefficient (Wildman–Crippen LogP) is 6.78. The Labute approximate surface area is 242 Å². The molecule has 2 aliphatic rings. The molecule has 0 bridgehead atoms. The fraction of sp³-hybridized carbons (Fsp3) is 0.400. The number of aromatic hydroxyl groups is 3. The Bertz CT molecular complexity index is 1400. The Morgan fingerprint density at radius 3 is 2.54 bits per heavy atom. The van der Waals surface area contributed by atoms with Gasteiger partial charge >= 0.3 is 0 Å². The van der Waals surface area contributed by atoms with Crippen molar-refractivity contribution in [2.75, 3.05) is 7.11 Å². The molecule has 3 aromatic rings. The van der Waals surface area contributed by atoms with Crippen molar-refractivity contribution < 1.29 is 30.0 Å². The van der Waals surface area contributed by atoms with E-state index >= 15 is 0 Å². The van der Waals surface area contributed by atoms with Crippen molar-refractivity contribution in [1.29, 1.82) is 0 Å². The van der Waals surface area contributed by atoms with Crippen molar-refractivity contribution in [2.24, 2.45) is 5.92 Å². The number of hydrogen-bond acceptors (Lipinski definition) is 6. The first-order valence-corrected chi connectivity index (χ1v) is 14.6. The number of fused-ring (bicyclic) bond motifs is 3. The van der Waals surface area contributed by atoms with Crippen LogP contribution in [0.15, 0.2) is 66.7 Å². The minimum absolute atomic E-state index is 0.00788. The maximum absolute atomic E-state index is 13.5. The summed E-state index contributed by atoms with van der Waals surface area (Å²) >= 11 is 0. The van der Waals surface area contributed by atoms with Crippen LogP contribution in [0, 0.1) is 5.92 Å². The molecular weight excluding hydrogens is 516 g/mol. The second kappa shape index (κ2) is 12.4. The molecular formula is C35H40O6. The molecule has 1 fully saturated rings. The number of methoxy groups -OCH3 is 1. The smallest absolute Gasteiger partial charge is 0.160 e. The van der Waals surface area contributed by atoms with E-state index in [1.807, 2.05) is 30.3 Å². The number of rotatable bonds is 11. The van der Waals surface area contributed by atoms with E-state index in [0.717, 1.165) is 55.2 Å². The van der Waals surface area contributed by atoms with Gasteiger partial charge in [0.25, 0.3) is 0 Å². The molecule has 0 saturated heterocycles. The van der Waals surface area contributed by atoms with E-state index in [4.69, 9.17) is 4.74 Å². The molecule has 4 N–H and O–H groups in total. The zero-order valence-electron chi connectivity index (χ0n) is 23.6. The van der Waals surface area contributed by atoms with Gasteiger partial charge in [0, 0.05) is 18.3 Å². The van der Waals surface area contributed by atoms with E-state index in [1.54, 1.807) is 24.3 Å². The Morgan fingerprint density at radius 2 is 1.76 bits per heavy atom. The Kier molecular flexibility index (Phi) is 8.69. The van der Waals surface area contributed by atoms with Gasteiger partial charge in [-0.2, -0.15) is 0 Å². The molecule has 2 aliphatic carbocycles. The molecule has 5 rings (SSSR count). The normalized spacial score (nSPS) is 21.0. The lowest BCUT2D eigenvalue weighted by molar-refractivity contribution is -0.121. The molecule has 0 amide bonds. The third kappa shape index (κ3) is 6.28. The summed E-state index contributed by atoms with van der Waals surface area (Å²) in [7, 11) is 1.51. The van der Waals surface area contributed by atoms with Gasteiger partial charge in [-0.05, 0) is 90.5 Å². The van der Waals surface area contributed by atoms with E-state index in [-0.39, 0.29) is 53.1 Å². The number of aliphatic hydroxyl groups is 1. The van der Waals surface area contributed by atoms with Crippen LogP contribution in [0.3, 0.4) is 0 Å². The summed E-state index contributed by atoms with van der Waals surface area (Å²) in [4.78, 5) is 13.5. The number of aryl methyl sites for hydroxylation is 1. The molecule has 0 aliphatic heterocycles. The van der Waals surface area contributed by atoms with E-state index in [0.29, 0.717) is 12.2 Å². The highest BCUT2D eigenvalue weighted by Crippen LogP contribution is 2.53. The fourth-order valence-corrected chi connectivity index (χ4v) is 7.06. The van der Waals surface area contributed by atoms with Gasteiger partial charge < -0.3 is 25.2 Å². The molecule has 1 saturated carbocycles. The first kappa shape index (κ1) is 28.7. The third-order valence-corrected chi connectivity index (χ3v) is 9.13. The van der Waals surface area contributed by atoms with Crippen LogP contribution in [0.25, 0.3) is 6.08 Å². The van der Waals surface area contributed by atoms with Gasteiger partial charge in [0.1, 0.15) is 5.78 Å². The number of phenols is 3. The number of carbonyl (C=O) groups excluding carboxylic acids is 1. The third-order valence-electron chi connectivity index (χ3n) is 9.13. The minimum atomic E-state index is -0.831. The van der Waals surface area contributed by atoms with E-state index < -0.39 is 6.10 Å². The van der Waals surface area contributed by atoms with Gasteiger partial charge in [-0.1, -0.05) is 61.4 Å². The molecule has 0 spiro atoms. The standard InChI is InChI=1S/C35H40O6/c1-41-34-19-25(13-15-31(34)38)24(11-10-23-7-3-2-4-8-23)17-28(36)20-29(37)22-35-16-6-5-9-27(35)14-12-26-18-32(39)33(40)21-30(26)35/h2-4,7-8,12-15,18-19,21,24,27,29,37-40H,5-6,9-11,16-17,20,22H2,1H3. The summed E-state index contributed by atoms with van der Waals surface area (Å²) in [6, 6.07) is 18.6. The summed E-state index contributed by atoms with van der Waals surface area (Å²) in [5.41, 5.74) is 3.54. The highest BCUT2D eigenvalue weighted by atomic mass is 16.5. The summed E-state index contributed by atoms with van der Waals surface area (Å²) in [6.45, 7) is 0. The first-order valence-electron chi connectivity index (χ1n) is 14.6. The number of allylic oxidation sites excluding steroid dienone is 1. The number of carbonyl (C=O) groups is 1. The number of Topliss-reactive ketones (excluding diaryl/α,β-unsaturated/α-hetero) is 1. The molecule has 6 heteroatoms. The number of hydrogen-bond donors (Lipinski definition) is 4. The van der Waals surface area contributed by atoms with Crippen LogP contribution in [0.4, 0.5) is 0 Å². The monoisotopic (exact) mass is 556 g/mol. The summed E-state index contributed by atoms with van der Waals surface area (Å²) in [5.74, 6) is 0.234. The zero-order valence-corrected chi connectivity index (χ0v) is 23.6. The fourth-order valence-electron chi connectivity index (χ4n) is 7.06. The van der Waals surface area contributed by atoms with Crippen LogP contribution in [0.5, 0.6) is 23.0 Å². The number of ether oxygens (including phenoxy) is 1. The molecule has 6 nitrogen and oxygen atoms in total. The number of aliphatic hydroxyl groups excluding tert-OH is 1. The Morgan fingerprint density at radius 1 is 0.976 bits per heavy atom. The van der Waals surface area contributed by atoms with Crippen LogP contribution >= 0.6 is 0 Å². The minimum Gasteiger partial charge on any atom is -0.504 e. The van der Waals surface area contributed by atoms with E-state index in [1.165, 1.54) is 12.7 Å². The van der Waals surface area contributed by atoms with Gasteiger partial charge in [-0.15, -0.1) is 0 Å². The quantitative estimate of drug-likeness (QED) is 0.194. The largest absolute Gasteiger partial charge is 0.504 e. The maximum atomic E-state index is 13.5.